The van der Waals surface area contributed by atoms with Crippen LogP contribution in [0.3, 0.4) is 0 Å². The second-order valence-electron chi connectivity index (χ2n) is 2.82. The Balaban J connectivity index is 2.12. The van der Waals surface area contributed by atoms with E-state index in [1.54, 1.807) is 0 Å². The van der Waals surface area contributed by atoms with Gasteiger partial charge in [0.25, 0.3) is 0 Å². The second kappa shape index (κ2) is 4.98. The average Bonchev–Trinajstić information content (AvgIpc) is 2.01. The number of rotatable bonds is 3. The predicted molar refractivity (Wildman–Crippen MR) is 49.7 cm³/mol. The Morgan fingerprint density at radius 3 is 3.18 bits per heavy atom. The Labute approximate surface area is 72.1 Å². The minimum atomic E-state index is 0.425. The van der Waals surface area contributed by atoms with Crippen LogP contribution in [0.15, 0.2) is 0 Å². The molecule has 0 aromatic carbocycles. The number of hydroxylamine groups is 2. The lowest BCUT2D eigenvalue weighted by molar-refractivity contribution is 0.263. The van der Waals surface area contributed by atoms with Crippen molar-refractivity contribution in [2.75, 3.05) is 31.6 Å². The molecule has 1 heterocycles. The van der Waals surface area contributed by atoms with Crippen LogP contribution in [-0.2, 0) is 0 Å². The van der Waals surface area contributed by atoms with E-state index in [1.165, 1.54) is 0 Å². The fourth-order valence-electron chi connectivity index (χ4n) is 1.25. The number of hydrogen-bond acceptors (Lipinski definition) is 4. The molecule has 0 radical (unpaired) electrons. The average molecular weight is 175 g/mol. The third-order valence-corrected chi connectivity index (χ3v) is 2.53. The first kappa shape index (κ1) is 9.32. The van der Waals surface area contributed by atoms with Crippen LogP contribution in [0.1, 0.15) is 6.42 Å². The highest BCUT2D eigenvalue weighted by Gasteiger charge is 2.12. The molecule has 11 heavy (non-hydrogen) atoms. The first-order valence-electron chi connectivity index (χ1n) is 3.97. The van der Waals surface area contributed by atoms with Crippen LogP contribution in [0, 0.1) is 5.21 Å². The molecule has 0 spiro atoms. The lowest BCUT2D eigenvalue weighted by Crippen LogP contribution is -2.48. The zero-order chi connectivity index (χ0) is 8.10. The maximum absolute atomic E-state index is 10.9. The largest absolute Gasteiger partial charge is 0.785 e. The maximum atomic E-state index is 10.9. The summed E-state index contributed by atoms with van der Waals surface area (Å²) in [6.45, 7) is 2.17. The summed E-state index contributed by atoms with van der Waals surface area (Å²) in [6.07, 6.45) is 3.21. The van der Waals surface area contributed by atoms with Crippen molar-refractivity contribution in [3.63, 3.8) is 0 Å². The van der Waals surface area contributed by atoms with Gasteiger partial charge in [-0.3, -0.25) is 0 Å². The van der Waals surface area contributed by atoms with E-state index in [1.807, 2.05) is 11.8 Å². The molecule has 4 heteroatoms. The fourth-order valence-corrected chi connectivity index (χ4v) is 1.77. The molecular weight excluding hydrogens is 160 g/mol. The van der Waals surface area contributed by atoms with Crippen molar-refractivity contribution < 1.29 is 0 Å². The standard InChI is InChI=1S/C7H15N2OS/c1-11-5-2-7-6-9(10)4-3-8-7/h7-8H,2-6H2,1H3/q-1. The Hall–Kier alpha value is 0.230. The van der Waals surface area contributed by atoms with Gasteiger partial charge in [-0.25, -0.2) is 0 Å². The van der Waals surface area contributed by atoms with E-state index in [0.29, 0.717) is 19.1 Å². The summed E-state index contributed by atoms with van der Waals surface area (Å²) in [6, 6.07) is 0.425. The quantitative estimate of drug-likeness (QED) is 0.678. The van der Waals surface area contributed by atoms with E-state index in [0.717, 1.165) is 23.8 Å². The van der Waals surface area contributed by atoms with E-state index in [2.05, 4.69) is 11.6 Å². The van der Waals surface area contributed by atoms with Gasteiger partial charge in [0.05, 0.1) is 0 Å². The Morgan fingerprint density at radius 1 is 1.73 bits per heavy atom. The van der Waals surface area contributed by atoms with Crippen molar-refractivity contribution in [2.45, 2.75) is 12.5 Å². The first-order chi connectivity index (χ1) is 5.33. The van der Waals surface area contributed by atoms with Gasteiger partial charge < -0.3 is 15.6 Å². The van der Waals surface area contributed by atoms with Crippen molar-refractivity contribution >= 4 is 11.8 Å². The molecule has 0 amide bonds. The topological polar surface area (TPSA) is 38.3 Å². The summed E-state index contributed by atoms with van der Waals surface area (Å²) >= 11 is 1.84. The molecule has 1 rings (SSSR count). The zero-order valence-corrected chi connectivity index (χ0v) is 7.69. The molecule has 0 aromatic heterocycles. The van der Waals surface area contributed by atoms with Crippen LogP contribution in [-0.4, -0.2) is 42.7 Å². The van der Waals surface area contributed by atoms with Crippen molar-refractivity contribution in [1.82, 2.24) is 10.4 Å². The number of hydrogen-bond donors (Lipinski definition) is 1. The SMILES string of the molecule is CSCCC1CN([O-])CCN1. The minimum absolute atomic E-state index is 0.425. The molecule has 1 saturated heterocycles. The van der Waals surface area contributed by atoms with Gasteiger partial charge in [0, 0.05) is 19.1 Å². The van der Waals surface area contributed by atoms with Crippen LogP contribution in [0.2, 0.25) is 0 Å². The summed E-state index contributed by atoms with van der Waals surface area (Å²) in [7, 11) is 0. The van der Waals surface area contributed by atoms with Crippen molar-refractivity contribution in [3.8, 4) is 0 Å². The molecule has 0 aromatic rings. The van der Waals surface area contributed by atoms with E-state index in [9.17, 15) is 5.21 Å². The van der Waals surface area contributed by atoms with Gasteiger partial charge in [-0.15, -0.1) is 0 Å². The lowest BCUT2D eigenvalue weighted by atomic mass is 10.2. The van der Waals surface area contributed by atoms with Gasteiger partial charge in [-0.2, -0.15) is 11.8 Å². The van der Waals surface area contributed by atoms with Crippen LogP contribution in [0.4, 0.5) is 0 Å². The van der Waals surface area contributed by atoms with E-state index >= 15 is 0 Å². The zero-order valence-electron chi connectivity index (χ0n) is 6.88. The number of nitrogens with one attached hydrogen (secondary N) is 1. The highest BCUT2D eigenvalue weighted by molar-refractivity contribution is 7.98. The van der Waals surface area contributed by atoms with Crippen molar-refractivity contribution in [3.05, 3.63) is 5.21 Å². The summed E-state index contributed by atoms with van der Waals surface area (Å²) in [5, 5.41) is 15.4. The van der Waals surface area contributed by atoms with Gasteiger partial charge in [0.2, 0.25) is 0 Å². The molecular formula is C7H15N2OS-. The molecule has 0 saturated carbocycles. The van der Waals surface area contributed by atoms with Crippen molar-refractivity contribution in [2.24, 2.45) is 0 Å². The van der Waals surface area contributed by atoms with Crippen LogP contribution < -0.4 is 5.32 Å². The van der Waals surface area contributed by atoms with Gasteiger partial charge in [0.15, 0.2) is 0 Å². The molecule has 1 unspecified atom stereocenters. The van der Waals surface area contributed by atoms with Gasteiger partial charge >= 0.3 is 0 Å². The van der Waals surface area contributed by atoms with Gasteiger partial charge in [-0.05, 0) is 25.0 Å². The third-order valence-electron chi connectivity index (χ3n) is 1.89. The maximum Gasteiger partial charge on any atom is 0.0194 e. The summed E-state index contributed by atoms with van der Waals surface area (Å²) in [4.78, 5) is 0. The fraction of sp³-hybridized carbons (Fsp3) is 1.00. The lowest BCUT2D eigenvalue weighted by Gasteiger charge is -2.37. The molecule has 66 valence electrons. The number of thioether (sulfide) groups is 1. The van der Waals surface area contributed by atoms with Gasteiger partial charge in [0.1, 0.15) is 0 Å². The molecule has 3 nitrogen and oxygen atoms in total. The minimum Gasteiger partial charge on any atom is -0.785 e. The second-order valence-corrected chi connectivity index (χ2v) is 3.81. The molecule has 1 N–H and O–H groups in total. The molecule has 0 aliphatic carbocycles. The Kier molecular flexibility index (Phi) is 4.22. The van der Waals surface area contributed by atoms with E-state index in [4.69, 9.17) is 0 Å². The first-order valence-corrected chi connectivity index (χ1v) is 5.36. The van der Waals surface area contributed by atoms with E-state index in [-0.39, 0.29) is 0 Å². The van der Waals surface area contributed by atoms with Crippen molar-refractivity contribution in [1.29, 1.82) is 0 Å². The highest BCUT2D eigenvalue weighted by atomic mass is 32.2. The normalized spacial score (nSPS) is 27.3. The van der Waals surface area contributed by atoms with Gasteiger partial charge in [-0.1, -0.05) is 0 Å². The van der Waals surface area contributed by atoms with Crippen LogP contribution >= 0.6 is 11.8 Å². The molecule has 0 bridgehead atoms. The highest BCUT2D eigenvalue weighted by Crippen LogP contribution is 2.04. The Morgan fingerprint density at radius 2 is 2.55 bits per heavy atom. The molecule has 1 aliphatic rings. The van der Waals surface area contributed by atoms with Crippen LogP contribution in [0.25, 0.3) is 0 Å². The Bertz CT molecular complexity index is 113. The summed E-state index contributed by atoms with van der Waals surface area (Å²) in [5.41, 5.74) is 0. The summed E-state index contributed by atoms with van der Waals surface area (Å²) in [5.74, 6) is 1.14. The third kappa shape index (κ3) is 3.42. The number of nitrogens with zero attached hydrogens (tertiary/aromatic N) is 1. The predicted octanol–water partition coefficient (Wildman–Crippen LogP) is 0.511. The summed E-state index contributed by atoms with van der Waals surface area (Å²) < 4.78 is 0. The molecule has 1 aliphatic heterocycles. The molecule has 1 fully saturated rings. The molecule has 1 atom stereocenters. The van der Waals surface area contributed by atoms with Crippen LogP contribution in [0.5, 0.6) is 0 Å². The number of piperazine rings is 1. The smallest absolute Gasteiger partial charge is 0.0194 e. The van der Waals surface area contributed by atoms with E-state index < -0.39 is 0 Å². The monoisotopic (exact) mass is 175 g/mol.